The number of rotatable bonds is 7. The van der Waals surface area contributed by atoms with E-state index in [1.165, 1.54) is 0 Å². The average molecular weight is 540 g/mol. The lowest BCUT2D eigenvalue weighted by molar-refractivity contribution is -0.118. The van der Waals surface area contributed by atoms with Gasteiger partial charge in [-0.05, 0) is 49.1 Å². The summed E-state index contributed by atoms with van der Waals surface area (Å²) in [6.07, 6.45) is 1.57. The fourth-order valence-electron chi connectivity index (χ4n) is 4.70. The van der Waals surface area contributed by atoms with Gasteiger partial charge in [0.25, 0.3) is 0 Å². The van der Waals surface area contributed by atoms with Crippen LogP contribution in [0, 0.1) is 0 Å². The number of β-amino-alcohol motifs (C(OH)–C–C–N with tert-alkyl or cyclic N) is 1. The molecule has 2 aromatic carbocycles. The second kappa shape index (κ2) is 14.4. The van der Waals surface area contributed by atoms with Gasteiger partial charge in [-0.1, -0.05) is 24.3 Å². The van der Waals surface area contributed by atoms with Gasteiger partial charge in [0.1, 0.15) is 0 Å². The summed E-state index contributed by atoms with van der Waals surface area (Å²) in [6, 6.07) is 13.8. The third kappa shape index (κ3) is 7.33. The van der Waals surface area contributed by atoms with Crippen molar-refractivity contribution in [1.82, 2.24) is 9.80 Å². The number of halogens is 2. The third-order valence-corrected chi connectivity index (χ3v) is 6.52. The molecule has 1 saturated heterocycles. The number of aliphatic hydroxyl groups is 1. The molecule has 2 aromatic rings. The van der Waals surface area contributed by atoms with Crippen molar-refractivity contribution in [2.45, 2.75) is 26.2 Å². The zero-order valence-electron chi connectivity index (χ0n) is 20.6. The minimum absolute atomic E-state index is 0. The SMILES string of the molecule is CCOC(=O)Nc1ccc2c(c1)N(C(=O)CCN1CCN(CCO)CC1)c1ccccc1CC2.Cl.Cl. The van der Waals surface area contributed by atoms with Crippen LogP contribution in [0.3, 0.4) is 0 Å². The number of hydrogen-bond acceptors (Lipinski definition) is 6. The molecular weight excluding hydrogens is 503 g/mol. The smallest absolute Gasteiger partial charge is 0.411 e. The number of ether oxygens (including phenoxy) is 1. The van der Waals surface area contributed by atoms with Crippen LogP contribution in [0.5, 0.6) is 0 Å². The summed E-state index contributed by atoms with van der Waals surface area (Å²) in [5.41, 5.74) is 4.56. The quantitative estimate of drug-likeness (QED) is 0.556. The van der Waals surface area contributed by atoms with Crippen LogP contribution in [-0.2, 0) is 22.4 Å². The second-order valence-corrected chi connectivity index (χ2v) is 8.70. The monoisotopic (exact) mass is 538 g/mol. The Balaban J connectivity index is 0.00000228. The molecule has 0 aromatic heterocycles. The van der Waals surface area contributed by atoms with Gasteiger partial charge in [0.2, 0.25) is 5.91 Å². The minimum Gasteiger partial charge on any atom is -0.450 e. The van der Waals surface area contributed by atoms with Crippen LogP contribution in [0.1, 0.15) is 24.5 Å². The zero-order chi connectivity index (χ0) is 23.9. The molecule has 2 aliphatic heterocycles. The first kappa shape index (κ1) is 29.9. The van der Waals surface area contributed by atoms with Crippen molar-refractivity contribution in [2.75, 3.05) is 62.7 Å². The molecule has 10 heteroatoms. The molecule has 0 unspecified atom stereocenters. The Morgan fingerprint density at radius 1 is 0.917 bits per heavy atom. The van der Waals surface area contributed by atoms with E-state index in [1.54, 1.807) is 6.92 Å². The molecule has 0 bridgehead atoms. The van der Waals surface area contributed by atoms with E-state index in [-0.39, 0.29) is 37.3 Å². The Bertz CT molecular complexity index is 1020. The molecule has 2 heterocycles. The molecule has 0 atom stereocenters. The first-order valence-electron chi connectivity index (χ1n) is 12.1. The number of hydrogen-bond donors (Lipinski definition) is 2. The number of aryl methyl sites for hydroxylation is 2. The van der Waals surface area contributed by atoms with Gasteiger partial charge < -0.3 is 14.7 Å². The average Bonchev–Trinajstić information content (AvgIpc) is 3.00. The summed E-state index contributed by atoms with van der Waals surface area (Å²) in [5.74, 6) is 0.0432. The highest BCUT2D eigenvalue weighted by Gasteiger charge is 2.27. The molecule has 0 aliphatic carbocycles. The fraction of sp³-hybridized carbons (Fsp3) is 0.462. The Morgan fingerprint density at radius 3 is 2.22 bits per heavy atom. The van der Waals surface area contributed by atoms with Crippen LogP contribution in [0.25, 0.3) is 0 Å². The number of amides is 2. The van der Waals surface area contributed by atoms with Crippen LogP contribution in [0.4, 0.5) is 21.9 Å². The standard InChI is InChI=1S/C26H34N4O4.2ClH/c1-2-34-26(33)27-22-10-9-21-8-7-20-5-3-4-6-23(20)30(24(21)19-22)25(32)11-12-28-13-15-29(16-14-28)17-18-31;;/h3-6,9-10,19,31H,2,7-8,11-18H2,1H3,(H,27,33);2*1H. The number of piperazine rings is 1. The number of para-hydroxylation sites is 1. The predicted octanol–water partition coefficient (Wildman–Crippen LogP) is 3.86. The lowest BCUT2D eigenvalue weighted by atomic mass is 10.0. The summed E-state index contributed by atoms with van der Waals surface area (Å²) in [7, 11) is 0. The van der Waals surface area contributed by atoms with E-state index in [0.717, 1.165) is 61.5 Å². The first-order chi connectivity index (χ1) is 16.6. The van der Waals surface area contributed by atoms with Gasteiger partial charge in [-0.2, -0.15) is 0 Å². The molecule has 8 nitrogen and oxygen atoms in total. The lowest BCUT2D eigenvalue weighted by Gasteiger charge is -2.34. The lowest BCUT2D eigenvalue weighted by Crippen LogP contribution is -2.47. The molecule has 0 saturated carbocycles. The highest BCUT2D eigenvalue weighted by Crippen LogP contribution is 2.38. The number of nitrogens with one attached hydrogen (secondary N) is 1. The van der Waals surface area contributed by atoms with Gasteiger partial charge >= 0.3 is 6.09 Å². The summed E-state index contributed by atoms with van der Waals surface area (Å²) >= 11 is 0. The molecule has 2 amide bonds. The fourth-order valence-corrected chi connectivity index (χ4v) is 4.70. The molecule has 36 heavy (non-hydrogen) atoms. The van der Waals surface area contributed by atoms with Crippen molar-refractivity contribution in [3.63, 3.8) is 0 Å². The topological polar surface area (TPSA) is 85.4 Å². The highest BCUT2D eigenvalue weighted by molar-refractivity contribution is 6.03. The maximum absolute atomic E-state index is 13.7. The van der Waals surface area contributed by atoms with Gasteiger partial charge in [0.05, 0.1) is 24.6 Å². The summed E-state index contributed by atoms with van der Waals surface area (Å²) in [5, 5.41) is 11.9. The number of aliphatic hydroxyl groups excluding tert-OH is 1. The number of anilines is 3. The Labute approximate surface area is 225 Å². The van der Waals surface area contributed by atoms with Crippen LogP contribution in [0.2, 0.25) is 0 Å². The largest absolute Gasteiger partial charge is 0.450 e. The molecular formula is C26H36Cl2N4O4. The summed E-state index contributed by atoms with van der Waals surface area (Å²) < 4.78 is 5.02. The minimum atomic E-state index is -0.505. The Hall–Kier alpha value is -2.36. The van der Waals surface area contributed by atoms with E-state index < -0.39 is 6.09 Å². The number of nitrogens with zero attached hydrogens (tertiary/aromatic N) is 3. The molecule has 2 N–H and O–H groups in total. The van der Waals surface area contributed by atoms with E-state index in [9.17, 15) is 9.59 Å². The van der Waals surface area contributed by atoms with E-state index in [1.807, 2.05) is 41.3 Å². The van der Waals surface area contributed by atoms with Crippen molar-refractivity contribution < 1.29 is 19.4 Å². The van der Waals surface area contributed by atoms with E-state index >= 15 is 0 Å². The highest BCUT2D eigenvalue weighted by atomic mass is 35.5. The van der Waals surface area contributed by atoms with Crippen molar-refractivity contribution in [3.05, 3.63) is 53.6 Å². The van der Waals surface area contributed by atoms with Crippen molar-refractivity contribution >= 4 is 53.9 Å². The Kier molecular flexibility index (Phi) is 11.9. The second-order valence-electron chi connectivity index (χ2n) is 8.70. The van der Waals surface area contributed by atoms with Crippen LogP contribution in [0.15, 0.2) is 42.5 Å². The van der Waals surface area contributed by atoms with E-state index in [4.69, 9.17) is 9.84 Å². The third-order valence-electron chi connectivity index (χ3n) is 6.52. The number of fused-ring (bicyclic) bond motifs is 2. The summed E-state index contributed by atoms with van der Waals surface area (Å²) in [4.78, 5) is 32.0. The summed E-state index contributed by atoms with van der Waals surface area (Å²) in [6.45, 7) is 7.25. The van der Waals surface area contributed by atoms with Crippen LogP contribution < -0.4 is 10.2 Å². The van der Waals surface area contributed by atoms with Crippen molar-refractivity contribution in [1.29, 1.82) is 0 Å². The van der Waals surface area contributed by atoms with E-state index in [0.29, 0.717) is 31.8 Å². The molecule has 1 fully saturated rings. The maximum atomic E-state index is 13.7. The van der Waals surface area contributed by atoms with Gasteiger partial charge in [-0.3, -0.25) is 19.9 Å². The first-order valence-corrected chi connectivity index (χ1v) is 12.1. The van der Waals surface area contributed by atoms with Gasteiger partial charge in [0.15, 0.2) is 0 Å². The molecule has 0 radical (unpaired) electrons. The predicted molar refractivity (Wildman–Crippen MR) is 147 cm³/mol. The molecule has 2 aliphatic rings. The molecule has 0 spiro atoms. The van der Waals surface area contributed by atoms with Crippen LogP contribution >= 0.6 is 24.8 Å². The van der Waals surface area contributed by atoms with Gasteiger partial charge in [0, 0.05) is 51.4 Å². The maximum Gasteiger partial charge on any atom is 0.411 e. The number of carbonyl (C=O) groups excluding carboxylic acids is 2. The van der Waals surface area contributed by atoms with Crippen LogP contribution in [-0.4, -0.2) is 79.4 Å². The van der Waals surface area contributed by atoms with Gasteiger partial charge in [-0.15, -0.1) is 24.8 Å². The van der Waals surface area contributed by atoms with Gasteiger partial charge in [-0.25, -0.2) is 4.79 Å². The normalized spacial score (nSPS) is 15.4. The zero-order valence-corrected chi connectivity index (χ0v) is 22.3. The molecule has 4 rings (SSSR count). The van der Waals surface area contributed by atoms with E-state index in [2.05, 4.69) is 21.2 Å². The van der Waals surface area contributed by atoms with Crippen molar-refractivity contribution in [3.8, 4) is 0 Å². The number of carbonyl (C=O) groups is 2. The number of benzene rings is 2. The Morgan fingerprint density at radius 2 is 1.56 bits per heavy atom. The molecule has 198 valence electrons. The van der Waals surface area contributed by atoms with Crippen molar-refractivity contribution in [2.24, 2.45) is 0 Å².